The van der Waals surface area contributed by atoms with E-state index in [1.807, 2.05) is 6.92 Å². The maximum Gasteiger partial charge on any atom is 0.243 e. The van der Waals surface area contributed by atoms with Crippen LogP contribution in [-0.4, -0.2) is 66.2 Å². The molecule has 0 aromatic heterocycles. The molecule has 0 aromatic rings. The first-order valence-corrected chi connectivity index (χ1v) is 10.7. The highest BCUT2D eigenvalue weighted by atomic mass is 16.5. The minimum atomic E-state index is -0.771. The molecule has 3 rings (SSSR count). The van der Waals surface area contributed by atoms with Crippen LogP contribution in [0.2, 0.25) is 0 Å². The predicted molar refractivity (Wildman–Crippen MR) is 105 cm³/mol. The second kappa shape index (κ2) is 7.76. The largest absolute Gasteiger partial charge is 0.378 e. The summed E-state index contributed by atoms with van der Waals surface area (Å²) < 4.78 is 5.80. The van der Waals surface area contributed by atoms with Crippen LogP contribution < -0.4 is 5.73 Å². The Balaban J connectivity index is 1.59. The molecule has 0 spiro atoms. The lowest BCUT2D eigenvalue weighted by atomic mass is 9.54. The lowest BCUT2D eigenvalue weighted by molar-refractivity contribution is -0.180. The van der Waals surface area contributed by atoms with Crippen LogP contribution >= 0.6 is 0 Å². The van der Waals surface area contributed by atoms with Crippen molar-refractivity contribution in [3.63, 3.8) is 0 Å². The molecule has 4 unspecified atom stereocenters. The molecule has 3 fully saturated rings. The standard InChI is InChI=1S/C21H39N3O2/c1-5-26-18-13-21(22,20(18,3)4)19(25)24-12-8-10-17(15-24)14-23-11-7-6-9-16(23)2/h16-18H,5-15,22H2,1-4H3. The van der Waals surface area contributed by atoms with Crippen LogP contribution in [0.3, 0.4) is 0 Å². The minimum absolute atomic E-state index is 0.0937. The number of carbonyl (C=O) groups excluding carboxylic acids is 1. The summed E-state index contributed by atoms with van der Waals surface area (Å²) in [5, 5.41) is 0. The molecule has 1 saturated carbocycles. The van der Waals surface area contributed by atoms with Gasteiger partial charge in [0.05, 0.1) is 6.10 Å². The number of nitrogens with two attached hydrogens (primary N) is 1. The van der Waals surface area contributed by atoms with E-state index < -0.39 is 5.54 Å². The van der Waals surface area contributed by atoms with Crippen molar-refractivity contribution in [1.29, 1.82) is 0 Å². The number of amides is 1. The normalized spacial score (nSPS) is 38.0. The summed E-state index contributed by atoms with van der Waals surface area (Å²) in [5.41, 5.74) is 5.58. The molecule has 1 amide bonds. The third-order valence-electron chi connectivity index (χ3n) is 7.45. The van der Waals surface area contributed by atoms with Crippen LogP contribution in [0.4, 0.5) is 0 Å². The molecule has 2 saturated heterocycles. The smallest absolute Gasteiger partial charge is 0.243 e. The van der Waals surface area contributed by atoms with Crippen LogP contribution in [0.5, 0.6) is 0 Å². The number of piperidine rings is 2. The third-order valence-corrected chi connectivity index (χ3v) is 7.45. The van der Waals surface area contributed by atoms with E-state index in [-0.39, 0.29) is 17.4 Å². The third kappa shape index (κ3) is 3.55. The van der Waals surface area contributed by atoms with Gasteiger partial charge in [0.15, 0.2) is 0 Å². The second-order valence-electron chi connectivity index (χ2n) is 9.44. The molecule has 2 heterocycles. The van der Waals surface area contributed by atoms with Gasteiger partial charge in [-0.05, 0) is 52.0 Å². The van der Waals surface area contributed by atoms with Crippen molar-refractivity contribution in [2.45, 2.75) is 83.9 Å². The quantitative estimate of drug-likeness (QED) is 0.814. The summed E-state index contributed by atoms with van der Waals surface area (Å²) >= 11 is 0. The van der Waals surface area contributed by atoms with Crippen molar-refractivity contribution in [3.8, 4) is 0 Å². The van der Waals surface area contributed by atoms with Crippen LogP contribution in [0.25, 0.3) is 0 Å². The highest BCUT2D eigenvalue weighted by Crippen LogP contribution is 2.50. The van der Waals surface area contributed by atoms with Crippen molar-refractivity contribution < 1.29 is 9.53 Å². The SMILES string of the molecule is CCOC1CC(N)(C(=O)N2CCCC(CN3CCCCC3C)C2)C1(C)C. The highest BCUT2D eigenvalue weighted by Gasteiger charge is 2.63. The monoisotopic (exact) mass is 365 g/mol. The van der Waals surface area contributed by atoms with E-state index in [2.05, 4.69) is 30.6 Å². The summed E-state index contributed by atoms with van der Waals surface area (Å²) in [6.45, 7) is 13.3. The number of ether oxygens (including phenoxy) is 1. The Morgan fingerprint density at radius 1 is 1.19 bits per heavy atom. The maximum absolute atomic E-state index is 13.3. The van der Waals surface area contributed by atoms with Crippen LogP contribution in [-0.2, 0) is 9.53 Å². The van der Waals surface area contributed by atoms with Crippen molar-refractivity contribution in [2.24, 2.45) is 17.1 Å². The zero-order valence-corrected chi connectivity index (χ0v) is 17.3. The van der Waals surface area contributed by atoms with Gasteiger partial charge in [0.1, 0.15) is 5.54 Å². The molecule has 150 valence electrons. The summed E-state index contributed by atoms with van der Waals surface area (Å²) in [6, 6.07) is 0.688. The number of rotatable bonds is 5. The topological polar surface area (TPSA) is 58.8 Å². The molecule has 2 N–H and O–H groups in total. The predicted octanol–water partition coefficient (Wildman–Crippen LogP) is 2.63. The van der Waals surface area contributed by atoms with E-state index in [1.54, 1.807) is 0 Å². The Morgan fingerprint density at radius 2 is 1.96 bits per heavy atom. The lowest BCUT2D eigenvalue weighted by Gasteiger charge is -2.59. The van der Waals surface area contributed by atoms with Gasteiger partial charge in [0.2, 0.25) is 5.91 Å². The van der Waals surface area contributed by atoms with Gasteiger partial charge in [-0.3, -0.25) is 4.79 Å². The average Bonchev–Trinajstić information content (AvgIpc) is 2.63. The van der Waals surface area contributed by atoms with E-state index >= 15 is 0 Å². The number of hydrogen-bond donors (Lipinski definition) is 1. The van der Waals surface area contributed by atoms with E-state index in [4.69, 9.17) is 10.5 Å². The molecular formula is C21H39N3O2. The minimum Gasteiger partial charge on any atom is -0.378 e. The van der Waals surface area contributed by atoms with Crippen molar-refractivity contribution in [1.82, 2.24) is 9.80 Å². The summed E-state index contributed by atoms with van der Waals surface area (Å²) in [6.07, 6.45) is 7.07. The molecular weight excluding hydrogens is 326 g/mol. The molecule has 5 nitrogen and oxygen atoms in total. The first-order valence-electron chi connectivity index (χ1n) is 10.7. The van der Waals surface area contributed by atoms with Gasteiger partial charge < -0.3 is 20.3 Å². The van der Waals surface area contributed by atoms with E-state index in [1.165, 1.54) is 32.2 Å². The zero-order chi connectivity index (χ0) is 18.9. The van der Waals surface area contributed by atoms with Gasteiger partial charge in [-0.2, -0.15) is 0 Å². The van der Waals surface area contributed by atoms with Crippen LogP contribution in [0.1, 0.15) is 66.2 Å². The molecule has 3 aliphatic rings. The number of likely N-dealkylation sites (tertiary alicyclic amines) is 2. The Hall–Kier alpha value is -0.650. The Morgan fingerprint density at radius 3 is 2.62 bits per heavy atom. The van der Waals surface area contributed by atoms with Gasteiger partial charge >= 0.3 is 0 Å². The second-order valence-corrected chi connectivity index (χ2v) is 9.44. The van der Waals surface area contributed by atoms with Crippen LogP contribution in [0.15, 0.2) is 0 Å². The van der Waals surface area contributed by atoms with Gasteiger partial charge in [-0.25, -0.2) is 0 Å². The van der Waals surface area contributed by atoms with E-state index in [9.17, 15) is 4.79 Å². The van der Waals surface area contributed by atoms with E-state index in [0.717, 1.165) is 26.1 Å². The number of hydrogen-bond acceptors (Lipinski definition) is 4. The summed E-state index contributed by atoms with van der Waals surface area (Å²) in [4.78, 5) is 18.0. The summed E-state index contributed by atoms with van der Waals surface area (Å²) in [5.74, 6) is 0.734. The van der Waals surface area contributed by atoms with Gasteiger partial charge in [0, 0.05) is 44.1 Å². The molecule has 0 radical (unpaired) electrons. The summed E-state index contributed by atoms with van der Waals surface area (Å²) in [7, 11) is 0. The molecule has 4 atom stereocenters. The highest BCUT2D eigenvalue weighted by molar-refractivity contribution is 5.89. The van der Waals surface area contributed by atoms with Crippen molar-refractivity contribution in [3.05, 3.63) is 0 Å². The van der Waals surface area contributed by atoms with Crippen molar-refractivity contribution in [2.75, 3.05) is 32.8 Å². The number of carbonyl (C=O) groups is 1. The first-order chi connectivity index (χ1) is 12.3. The van der Waals surface area contributed by atoms with Crippen molar-refractivity contribution >= 4 is 5.91 Å². The first kappa shape index (κ1) is 20.1. The fourth-order valence-corrected chi connectivity index (χ4v) is 5.24. The van der Waals surface area contributed by atoms with Crippen LogP contribution in [0, 0.1) is 11.3 Å². The molecule has 1 aliphatic carbocycles. The van der Waals surface area contributed by atoms with Gasteiger partial charge in [-0.1, -0.05) is 20.3 Å². The molecule has 0 bridgehead atoms. The molecule has 26 heavy (non-hydrogen) atoms. The lowest BCUT2D eigenvalue weighted by Crippen LogP contribution is -2.76. The molecule has 2 aliphatic heterocycles. The number of nitrogens with zero attached hydrogens (tertiary/aromatic N) is 2. The van der Waals surface area contributed by atoms with Gasteiger partial charge in [-0.15, -0.1) is 0 Å². The average molecular weight is 366 g/mol. The molecule has 5 heteroatoms. The van der Waals surface area contributed by atoms with Gasteiger partial charge in [0.25, 0.3) is 0 Å². The Kier molecular flexibility index (Phi) is 6.00. The fourth-order valence-electron chi connectivity index (χ4n) is 5.24. The molecule has 0 aromatic carbocycles. The Bertz CT molecular complexity index is 509. The zero-order valence-electron chi connectivity index (χ0n) is 17.3. The Labute approximate surface area is 159 Å². The fraction of sp³-hybridized carbons (Fsp3) is 0.952. The van der Waals surface area contributed by atoms with E-state index in [0.29, 0.717) is 25.0 Å². The maximum atomic E-state index is 13.3.